The first-order chi connectivity index (χ1) is 10.4. The number of carboxylic acids is 1. The van der Waals surface area contributed by atoms with Crippen LogP contribution < -0.4 is 0 Å². The molecular formula is C14H23NO5S2. The number of hydrogen-bond acceptors (Lipinski definition) is 5. The first-order valence-electron chi connectivity index (χ1n) is 7.67. The maximum Gasteiger partial charge on any atom is 0.303 e. The Kier molecular flexibility index (Phi) is 6.14. The molecule has 126 valence electrons. The van der Waals surface area contributed by atoms with Gasteiger partial charge in [0.15, 0.2) is 9.84 Å². The number of thioether (sulfide) groups is 1. The molecular weight excluding hydrogens is 326 g/mol. The molecule has 1 amide bonds. The number of carbonyl (C=O) groups excluding carboxylic acids is 1. The first-order valence-corrected chi connectivity index (χ1v) is 10.5. The summed E-state index contributed by atoms with van der Waals surface area (Å²) in [6.45, 7) is 1.36. The second kappa shape index (κ2) is 7.68. The van der Waals surface area contributed by atoms with Gasteiger partial charge in [-0.1, -0.05) is 0 Å². The third kappa shape index (κ3) is 5.46. The highest BCUT2D eigenvalue weighted by Crippen LogP contribution is 2.26. The smallest absolute Gasteiger partial charge is 0.303 e. The predicted octanol–water partition coefficient (Wildman–Crippen LogP) is 1.01. The molecule has 8 heteroatoms. The van der Waals surface area contributed by atoms with Crippen molar-refractivity contribution in [3.8, 4) is 0 Å². The summed E-state index contributed by atoms with van der Waals surface area (Å²) < 4.78 is 22.8. The molecule has 0 bridgehead atoms. The number of piperidine rings is 1. The zero-order chi connectivity index (χ0) is 16.2. The lowest BCUT2D eigenvalue weighted by Crippen LogP contribution is -2.41. The van der Waals surface area contributed by atoms with Gasteiger partial charge in [-0.15, -0.1) is 11.8 Å². The molecule has 0 spiro atoms. The summed E-state index contributed by atoms with van der Waals surface area (Å²) in [5, 5.41) is 8.78. The summed E-state index contributed by atoms with van der Waals surface area (Å²) in [6.07, 6.45) is 3.31. The Labute approximate surface area is 135 Å². The molecule has 2 fully saturated rings. The molecule has 0 aliphatic carbocycles. The summed E-state index contributed by atoms with van der Waals surface area (Å²) in [5.74, 6) is 0.277. The number of sulfone groups is 1. The van der Waals surface area contributed by atoms with Gasteiger partial charge in [0.2, 0.25) is 5.91 Å². The molecule has 0 aromatic rings. The molecule has 6 nitrogen and oxygen atoms in total. The van der Waals surface area contributed by atoms with Crippen molar-refractivity contribution in [1.29, 1.82) is 0 Å². The molecule has 2 unspecified atom stereocenters. The van der Waals surface area contributed by atoms with E-state index in [4.69, 9.17) is 5.11 Å². The average Bonchev–Trinajstić information content (AvgIpc) is 2.82. The summed E-state index contributed by atoms with van der Waals surface area (Å²) in [4.78, 5) is 24.7. The first kappa shape index (κ1) is 17.6. The molecule has 2 rings (SSSR count). The van der Waals surface area contributed by atoms with E-state index < -0.39 is 15.8 Å². The van der Waals surface area contributed by atoms with E-state index in [1.54, 1.807) is 0 Å². The lowest BCUT2D eigenvalue weighted by molar-refractivity contribution is -0.137. The topological polar surface area (TPSA) is 91.8 Å². The van der Waals surface area contributed by atoms with E-state index in [0.29, 0.717) is 25.1 Å². The van der Waals surface area contributed by atoms with Crippen LogP contribution >= 0.6 is 11.8 Å². The maximum absolute atomic E-state index is 12.2. The summed E-state index contributed by atoms with van der Waals surface area (Å²) in [7, 11) is -2.89. The van der Waals surface area contributed by atoms with E-state index in [9.17, 15) is 18.0 Å². The standard InChI is InChI=1S/C14H23NO5S2/c16-13(9-21-12-5-7-22(19,20)10-12)15-6-1-2-11(8-15)3-4-14(17)18/h11-12H,1-10H2,(H,17,18). The minimum absolute atomic E-state index is 0.0431. The van der Waals surface area contributed by atoms with Crippen LogP contribution in [0.3, 0.4) is 0 Å². The van der Waals surface area contributed by atoms with Gasteiger partial charge in [-0.3, -0.25) is 9.59 Å². The van der Waals surface area contributed by atoms with Crippen LogP contribution in [0.25, 0.3) is 0 Å². The number of aliphatic carboxylic acids is 1. The lowest BCUT2D eigenvalue weighted by atomic mass is 9.93. The lowest BCUT2D eigenvalue weighted by Gasteiger charge is -2.32. The molecule has 2 aliphatic rings. The molecule has 2 saturated heterocycles. The van der Waals surface area contributed by atoms with Crippen LogP contribution in [-0.4, -0.2) is 65.9 Å². The van der Waals surface area contributed by atoms with Crippen LogP contribution in [-0.2, 0) is 19.4 Å². The SMILES string of the molecule is O=C(O)CCC1CCCN(C(=O)CSC2CCS(=O)(=O)C2)C1. The minimum atomic E-state index is -2.89. The summed E-state index contributed by atoms with van der Waals surface area (Å²) in [5.41, 5.74) is 0. The Bertz CT molecular complexity index is 519. The summed E-state index contributed by atoms with van der Waals surface area (Å²) in [6, 6.07) is 0. The zero-order valence-electron chi connectivity index (χ0n) is 12.6. The Morgan fingerprint density at radius 1 is 1.27 bits per heavy atom. The fraction of sp³-hybridized carbons (Fsp3) is 0.857. The van der Waals surface area contributed by atoms with Gasteiger partial charge >= 0.3 is 5.97 Å². The van der Waals surface area contributed by atoms with E-state index in [1.165, 1.54) is 11.8 Å². The van der Waals surface area contributed by atoms with E-state index >= 15 is 0 Å². The van der Waals surface area contributed by atoms with Crippen molar-refractivity contribution in [2.75, 3.05) is 30.3 Å². The Morgan fingerprint density at radius 3 is 2.68 bits per heavy atom. The van der Waals surface area contributed by atoms with Gasteiger partial charge in [0.25, 0.3) is 0 Å². The van der Waals surface area contributed by atoms with Crippen LogP contribution in [0.4, 0.5) is 0 Å². The van der Waals surface area contributed by atoms with E-state index in [2.05, 4.69) is 0 Å². The zero-order valence-corrected chi connectivity index (χ0v) is 14.2. The van der Waals surface area contributed by atoms with Gasteiger partial charge in [0.05, 0.1) is 17.3 Å². The van der Waals surface area contributed by atoms with Crippen molar-refractivity contribution in [2.24, 2.45) is 5.92 Å². The van der Waals surface area contributed by atoms with Crippen LogP contribution in [0.15, 0.2) is 0 Å². The molecule has 1 N–H and O–H groups in total. The molecule has 2 heterocycles. The van der Waals surface area contributed by atoms with Gasteiger partial charge in [-0.2, -0.15) is 0 Å². The molecule has 0 aromatic carbocycles. The number of likely N-dealkylation sites (tertiary alicyclic amines) is 1. The van der Waals surface area contributed by atoms with Crippen molar-refractivity contribution in [1.82, 2.24) is 4.90 Å². The molecule has 2 aliphatic heterocycles. The minimum Gasteiger partial charge on any atom is -0.481 e. The predicted molar refractivity (Wildman–Crippen MR) is 85.7 cm³/mol. The van der Waals surface area contributed by atoms with Crippen molar-refractivity contribution < 1.29 is 23.1 Å². The Balaban J connectivity index is 1.73. The second-order valence-corrected chi connectivity index (χ2v) is 9.63. The Hall–Kier alpha value is -0.760. The number of nitrogens with zero attached hydrogens (tertiary/aromatic N) is 1. The van der Waals surface area contributed by atoms with Crippen LogP contribution in [0.5, 0.6) is 0 Å². The fourth-order valence-corrected chi connectivity index (χ4v) is 6.57. The van der Waals surface area contributed by atoms with Crippen LogP contribution in [0.2, 0.25) is 0 Å². The number of rotatable bonds is 6. The van der Waals surface area contributed by atoms with Gasteiger partial charge in [-0.25, -0.2) is 8.42 Å². The fourth-order valence-electron chi connectivity index (χ4n) is 3.03. The molecule has 22 heavy (non-hydrogen) atoms. The third-order valence-electron chi connectivity index (χ3n) is 4.27. The number of carbonyl (C=O) groups is 2. The van der Waals surface area contributed by atoms with Gasteiger partial charge < -0.3 is 10.0 Å². The van der Waals surface area contributed by atoms with E-state index in [0.717, 1.165) is 19.4 Å². The molecule has 0 aromatic heterocycles. The highest BCUT2D eigenvalue weighted by atomic mass is 32.2. The average molecular weight is 349 g/mol. The number of amides is 1. The van der Waals surface area contributed by atoms with Gasteiger partial charge in [0.1, 0.15) is 0 Å². The van der Waals surface area contributed by atoms with Crippen molar-refractivity contribution in [3.05, 3.63) is 0 Å². The van der Waals surface area contributed by atoms with Gasteiger partial charge in [-0.05, 0) is 31.6 Å². The summed E-state index contributed by atoms with van der Waals surface area (Å²) >= 11 is 1.44. The largest absolute Gasteiger partial charge is 0.481 e. The highest BCUT2D eigenvalue weighted by molar-refractivity contribution is 8.02. The molecule has 0 radical (unpaired) electrons. The van der Waals surface area contributed by atoms with E-state index in [1.807, 2.05) is 4.90 Å². The van der Waals surface area contributed by atoms with E-state index in [-0.39, 0.29) is 35.0 Å². The van der Waals surface area contributed by atoms with Gasteiger partial charge in [0, 0.05) is 24.8 Å². The molecule has 2 atom stereocenters. The van der Waals surface area contributed by atoms with Crippen molar-refractivity contribution in [2.45, 2.75) is 37.4 Å². The van der Waals surface area contributed by atoms with Crippen molar-refractivity contribution >= 4 is 33.5 Å². The number of hydrogen-bond donors (Lipinski definition) is 1. The van der Waals surface area contributed by atoms with Crippen molar-refractivity contribution in [3.63, 3.8) is 0 Å². The second-order valence-electron chi connectivity index (χ2n) is 6.12. The van der Waals surface area contributed by atoms with Crippen LogP contribution in [0, 0.1) is 5.92 Å². The number of carboxylic acid groups (broad SMARTS) is 1. The normalized spacial score (nSPS) is 27.7. The molecule has 0 saturated carbocycles. The third-order valence-corrected chi connectivity index (χ3v) is 7.54. The maximum atomic E-state index is 12.2. The Morgan fingerprint density at radius 2 is 2.05 bits per heavy atom. The quantitative estimate of drug-likeness (QED) is 0.769. The monoisotopic (exact) mass is 349 g/mol. The van der Waals surface area contributed by atoms with Crippen LogP contribution in [0.1, 0.15) is 32.1 Å². The highest BCUT2D eigenvalue weighted by Gasteiger charge is 2.30.